The monoisotopic (exact) mass is 483 g/mol. The number of aliphatic hydroxyl groups excluding tert-OH is 2. The van der Waals surface area contributed by atoms with Crippen LogP contribution in [0.1, 0.15) is 42.6 Å². The molecule has 11 nitrogen and oxygen atoms in total. The fourth-order valence-corrected chi connectivity index (χ4v) is 6.10. The van der Waals surface area contributed by atoms with Crippen molar-refractivity contribution in [1.29, 1.82) is 0 Å². The van der Waals surface area contributed by atoms with E-state index in [1.165, 1.54) is 0 Å². The molecule has 1 aromatic carbocycles. The van der Waals surface area contributed by atoms with E-state index < -0.39 is 63.2 Å². The normalized spacial score (nSPS) is 27.6. The molecule has 1 amide bonds. The summed E-state index contributed by atoms with van der Waals surface area (Å²) in [6.07, 6.45) is -0.227. The van der Waals surface area contributed by atoms with Crippen LogP contribution in [0.15, 0.2) is 37.9 Å². The van der Waals surface area contributed by atoms with Crippen molar-refractivity contribution in [2.45, 2.75) is 37.7 Å². The SMILES string of the molecule is CN(C)c1cc2[nH]c(=O)oc2c2c1C(C)(C)C1C[C@H]3CC(O)=C(C(N)=O)C(=O)[C@@]3(O)C(O)=C1C2=O. The van der Waals surface area contributed by atoms with Crippen LogP contribution in [-0.2, 0) is 15.0 Å². The lowest BCUT2D eigenvalue weighted by molar-refractivity contribution is -0.144. The summed E-state index contributed by atoms with van der Waals surface area (Å²) in [5, 5.41) is 33.1. The lowest BCUT2D eigenvalue weighted by atomic mass is 9.53. The number of allylic oxidation sites excluding steroid dienone is 2. The van der Waals surface area contributed by atoms with E-state index in [0.717, 1.165) is 0 Å². The first-order valence-electron chi connectivity index (χ1n) is 11.1. The van der Waals surface area contributed by atoms with Crippen molar-refractivity contribution in [2.75, 3.05) is 19.0 Å². The van der Waals surface area contributed by atoms with Crippen LogP contribution in [0.2, 0.25) is 0 Å². The standard InChI is InChI=1S/C24H25N3O8/c1-23(2)9-5-8-6-12(28)14(21(25)32)20(31)24(8,34)19(30)13(9)17(29)15-16(23)11(27(3)4)7-10-18(15)35-22(33)26-10/h7-9,28,30,34H,5-6H2,1-4H3,(H2,25,32)(H,26,33)/t8-,9?,24-/m0/s1. The number of carbonyl (C=O) groups excluding carboxylic acids is 3. The molecule has 11 heteroatoms. The number of anilines is 1. The number of nitrogens with one attached hydrogen (secondary N) is 1. The molecule has 0 saturated carbocycles. The Morgan fingerprint density at radius 2 is 1.89 bits per heavy atom. The average Bonchev–Trinajstić information content (AvgIpc) is 3.13. The third kappa shape index (κ3) is 2.69. The number of ketones is 2. The predicted molar refractivity (Wildman–Crippen MR) is 123 cm³/mol. The minimum absolute atomic E-state index is 0.00637. The van der Waals surface area contributed by atoms with Crippen molar-refractivity contribution in [3.63, 3.8) is 0 Å². The molecular weight excluding hydrogens is 458 g/mol. The van der Waals surface area contributed by atoms with Gasteiger partial charge in [0, 0.05) is 43.6 Å². The molecule has 0 bridgehead atoms. The van der Waals surface area contributed by atoms with Crippen LogP contribution in [0.3, 0.4) is 0 Å². The van der Waals surface area contributed by atoms with E-state index in [9.17, 15) is 34.5 Å². The van der Waals surface area contributed by atoms with Gasteiger partial charge in [0.05, 0.1) is 11.1 Å². The highest BCUT2D eigenvalue weighted by Gasteiger charge is 2.62. The molecule has 6 N–H and O–H groups in total. The Labute approximate surface area is 198 Å². The van der Waals surface area contributed by atoms with Crippen LogP contribution in [0, 0.1) is 11.8 Å². The fourth-order valence-electron chi connectivity index (χ4n) is 6.10. The number of benzene rings is 1. The molecule has 3 aliphatic carbocycles. The molecule has 3 aliphatic rings. The molecule has 5 rings (SSSR count). The zero-order valence-electron chi connectivity index (χ0n) is 19.6. The Kier molecular flexibility index (Phi) is 4.48. The highest BCUT2D eigenvalue weighted by Crippen LogP contribution is 2.58. The number of aromatic nitrogens is 1. The second kappa shape index (κ2) is 6.85. The minimum atomic E-state index is -2.61. The van der Waals surface area contributed by atoms with E-state index in [0.29, 0.717) is 11.3 Å². The number of oxazole rings is 1. The van der Waals surface area contributed by atoms with Gasteiger partial charge in [-0.15, -0.1) is 0 Å². The van der Waals surface area contributed by atoms with Crippen molar-refractivity contribution in [3.05, 3.63) is 50.4 Å². The largest absolute Gasteiger partial charge is 0.511 e. The third-order valence-electron chi connectivity index (χ3n) is 7.78. The van der Waals surface area contributed by atoms with Crippen LogP contribution in [0.4, 0.5) is 5.69 Å². The highest BCUT2D eigenvalue weighted by atomic mass is 16.4. The number of nitrogens with two attached hydrogens (primary N) is 1. The van der Waals surface area contributed by atoms with E-state index >= 15 is 0 Å². The second-order valence-electron chi connectivity index (χ2n) is 10.2. The van der Waals surface area contributed by atoms with Crippen LogP contribution < -0.4 is 16.4 Å². The van der Waals surface area contributed by atoms with E-state index in [4.69, 9.17) is 10.2 Å². The molecule has 0 radical (unpaired) electrons. The molecule has 0 fully saturated rings. The van der Waals surface area contributed by atoms with E-state index in [1.54, 1.807) is 25.1 Å². The van der Waals surface area contributed by atoms with Crippen molar-refractivity contribution in [3.8, 4) is 0 Å². The molecule has 1 heterocycles. The van der Waals surface area contributed by atoms with Crippen molar-refractivity contribution < 1.29 is 34.1 Å². The van der Waals surface area contributed by atoms with Gasteiger partial charge < -0.3 is 30.4 Å². The molecule has 0 spiro atoms. The van der Waals surface area contributed by atoms with Crippen molar-refractivity contribution >= 4 is 34.3 Å². The first kappa shape index (κ1) is 22.9. The first-order valence-corrected chi connectivity index (χ1v) is 11.1. The van der Waals surface area contributed by atoms with Gasteiger partial charge in [-0.1, -0.05) is 13.8 Å². The zero-order chi connectivity index (χ0) is 25.8. The molecule has 0 saturated heterocycles. The summed E-state index contributed by atoms with van der Waals surface area (Å²) in [5.41, 5.74) is 2.38. The summed E-state index contributed by atoms with van der Waals surface area (Å²) in [6.45, 7) is 3.72. The van der Waals surface area contributed by atoms with Crippen LogP contribution in [0.5, 0.6) is 0 Å². The third-order valence-corrected chi connectivity index (χ3v) is 7.78. The maximum absolute atomic E-state index is 14.0. The van der Waals surface area contributed by atoms with Gasteiger partial charge in [0.1, 0.15) is 17.1 Å². The summed E-state index contributed by atoms with van der Waals surface area (Å²) in [5.74, 6) is -7.05. The number of nitrogens with zero attached hydrogens (tertiary/aromatic N) is 1. The quantitative estimate of drug-likeness (QED) is 0.390. The number of hydrogen-bond acceptors (Lipinski definition) is 9. The molecule has 2 aromatic rings. The van der Waals surface area contributed by atoms with Gasteiger partial charge in [-0.25, -0.2) is 4.79 Å². The molecule has 1 unspecified atom stereocenters. The number of aromatic amines is 1. The topological polar surface area (TPSA) is 187 Å². The van der Waals surface area contributed by atoms with Crippen LogP contribution in [-0.4, -0.2) is 57.5 Å². The average molecular weight is 483 g/mol. The summed E-state index contributed by atoms with van der Waals surface area (Å²) >= 11 is 0. The zero-order valence-corrected chi connectivity index (χ0v) is 19.6. The van der Waals surface area contributed by atoms with Crippen molar-refractivity contribution in [2.24, 2.45) is 17.6 Å². The van der Waals surface area contributed by atoms with Gasteiger partial charge in [0.2, 0.25) is 5.78 Å². The molecule has 3 atom stereocenters. The lowest BCUT2D eigenvalue weighted by Gasteiger charge is -2.51. The maximum atomic E-state index is 14.0. The van der Waals surface area contributed by atoms with E-state index in [-0.39, 0.29) is 35.1 Å². The van der Waals surface area contributed by atoms with Crippen LogP contribution >= 0.6 is 0 Å². The smallest absolute Gasteiger partial charge is 0.417 e. The number of carbonyl (C=O) groups is 3. The Morgan fingerprint density at radius 1 is 1.23 bits per heavy atom. The number of primary amides is 1. The second-order valence-corrected chi connectivity index (χ2v) is 10.2. The van der Waals surface area contributed by atoms with Gasteiger partial charge in [0.25, 0.3) is 5.91 Å². The Hall–Kier alpha value is -3.86. The van der Waals surface area contributed by atoms with Gasteiger partial charge in [0.15, 0.2) is 17.0 Å². The first-order chi connectivity index (χ1) is 16.2. The predicted octanol–water partition coefficient (Wildman–Crippen LogP) is 1.11. The number of amides is 1. The Bertz CT molecular complexity index is 1490. The summed E-state index contributed by atoms with van der Waals surface area (Å²) < 4.78 is 5.31. The van der Waals surface area contributed by atoms with Gasteiger partial charge in [-0.2, -0.15) is 0 Å². The number of hydrogen-bond donors (Lipinski definition) is 5. The van der Waals surface area contributed by atoms with Gasteiger partial charge >= 0.3 is 5.76 Å². The molecule has 0 aliphatic heterocycles. The van der Waals surface area contributed by atoms with Gasteiger partial charge in [-0.3, -0.25) is 19.4 Å². The van der Waals surface area contributed by atoms with Gasteiger partial charge in [-0.05, 0) is 23.5 Å². The minimum Gasteiger partial charge on any atom is -0.511 e. The van der Waals surface area contributed by atoms with Crippen LogP contribution in [0.25, 0.3) is 11.1 Å². The highest BCUT2D eigenvalue weighted by molar-refractivity contribution is 6.25. The molecular formula is C24H25N3O8. The van der Waals surface area contributed by atoms with Crippen molar-refractivity contribution in [1.82, 2.24) is 4.98 Å². The van der Waals surface area contributed by atoms with E-state index in [1.807, 2.05) is 13.8 Å². The number of aliphatic hydroxyl groups is 3. The fraction of sp³-hybridized carbons (Fsp3) is 0.417. The number of H-pyrrole nitrogens is 1. The maximum Gasteiger partial charge on any atom is 0.417 e. The van der Waals surface area contributed by atoms with E-state index in [2.05, 4.69) is 4.98 Å². The number of rotatable bonds is 2. The number of fused-ring (bicyclic) bond motifs is 5. The Morgan fingerprint density at radius 3 is 2.49 bits per heavy atom. The Balaban J connectivity index is 1.85. The summed E-state index contributed by atoms with van der Waals surface area (Å²) in [6, 6.07) is 1.71. The summed E-state index contributed by atoms with van der Waals surface area (Å²) in [4.78, 5) is 55.3. The lowest BCUT2D eigenvalue weighted by Crippen LogP contribution is -2.59. The number of Topliss-reactive ketones (excluding diaryl/α,β-unsaturated/α-hetero) is 2. The summed E-state index contributed by atoms with van der Waals surface area (Å²) in [7, 11) is 3.58. The molecule has 35 heavy (non-hydrogen) atoms. The molecule has 184 valence electrons. The molecule has 1 aromatic heterocycles.